The number of ketones is 1. The molecule has 3 aromatic rings. The summed E-state index contributed by atoms with van der Waals surface area (Å²) in [6.45, 7) is 7.32. The van der Waals surface area contributed by atoms with E-state index >= 15 is 0 Å². The van der Waals surface area contributed by atoms with Gasteiger partial charge < -0.3 is 14.4 Å². The van der Waals surface area contributed by atoms with Gasteiger partial charge in [0.1, 0.15) is 6.33 Å². The Morgan fingerprint density at radius 3 is 2.72 bits per heavy atom. The molecule has 0 unspecified atom stereocenters. The quantitative estimate of drug-likeness (QED) is 0.637. The third kappa shape index (κ3) is 3.12. The van der Waals surface area contributed by atoms with E-state index in [1.54, 1.807) is 28.8 Å². The van der Waals surface area contributed by atoms with Crippen molar-refractivity contribution in [3.8, 4) is 0 Å². The summed E-state index contributed by atoms with van der Waals surface area (Å²) in [5.41, 5.74) is 1.44. The predicted molar refractivity (Wildman–Crippen MR) is 96.1 cm³/mol. The molecule has 8 nitrogen and oxygen atoms in total. The number of thiazole rings is 1. The summed E-state index contributed by atoms with van der Waals surface area (Å²) in [5, 5.41) is 2.31. The first-order valence-electron chi connectivity index (χ1n) is 8.32. The van der Waals surface area contributed by atoms with E-state index in [9.17, 15) is 4.79 Å². The molecule has 25 heavy (non-hydrogen) atoms. The van der Waals surface area contributed by atoms with Crippen LogP contribution in [0.2, 0.25) is 0 Å². The standard InChI is InChI=1S/C16H19N7OS/c1-2-21-4-6-22(7-5-21)14-13-15(19-10-18-14)23(11-20-13)9-12(24)16-17-3-8-25-16/h3,8,10-11H,2,4-7,9H2,1H3. The molecule has 0 amide bonds. The summed E-state index contributed by atoms with van der Waals surface area (Å²) in [7, 11) is 0. The van der Waals surface area contributed by atoms with E-state index in [1.807, 2.05) is 0 Å². The van der Waals surface area contributed by atoms with Crippen LogP contribution in [0.25, 0.3) is 11.2 Å². The van der Waals surface area contributed by atoms with Crippen LogP contribution in [0.1, 0.15) is 16.7 Å². The van der Waals surface area contributed by atoms with Crippen LogP contribution >= 0.6 is 11.3 Å². The highest BCUT2D eigenvalue weighted by molar-refractivity contribution is 7.11. The number of Topliss-reactive ketones (excluding diaryl/α,β-unsaturated/α-hetero) is 1. The van der Waals surface area contributed by atoms with Crippen LogP contribution in [0.5, 0.6) is 0 Å². The Morgan fingerprint density at radius 2 is 2.00 bits per heavy atom. The van der Waals surface area contributed by atoms with Crippen molar-refractivity contribution in [2.75, 3.05) is 37.6 Å². The maximum atomic E-state index is 12.3. The van der Waals surface area contributed by atoms with Gasteiger partial charge in [-0.1, -0.05) is 6.92 Å². The second kappa shape index (κ2) is 6.85. The summed E-state index contributed by atoms with van der Waals surface area (Å²) in [6.07, 6.45) is 4.85. The van der Waals surface area contributed by atoms with Crippen molar-refractivity contribution in [3.05, 3.63) is 29.2 Å². The molecule has 0 bridgehead atoms. The maximum absolute atomic E-state index is 12.3. The monoisotopic (exact) mass is 357 g/mol. The summed E-state index contributed by atoms with van der Waals surface area (Å²) >= 11 is 1.35. The molecule has 0 aromatic carbocycles. The number of hydrogen-bond acceptors (Lipinski definition) is 8. The number of aromatic nitrogens is 5. The smallest absolute Gasteiger partial charge is 0.211 e. The molecule has 4 heterocycles. The van der Waals surface area contributed by atoms with E-state index in [-0.39, 0.29) is 12.3 Å². The van der Waals surface area contributed by atoms with Gasteiger partial charge in [0.25, 0.3) is 0 Å². The Hall–Kier alpha value is -2.39. The maximum Gasteiger partial charge on any atom is 0.211 e. The van der Waals surface area contributed by atoms with Gasteiger partial charge in [0.05, 0.1) is 12.9 Å². The molecule has 0 aliphatic carbocycles. The van der Waals surface area contributed by atoms with Crippen LogP contribution in [-0.2, 0) is 6.54 Å². The van der Waals surface area contributed by atoms with Crippen LogP contribution in [0, 0.1) is 0 Å². The van der Waals surface area contributed by atoms with Gasteiger partial charge in [-0.2, -0.15) is 0 Å². The van der Waals surface area contributed by atoms with Crippen molar-refractivity contribution >= 4 is 34.1 Å². The fourth-order valence-corrected chi connectivity index (χ4v) is 3.64. The zero-order valence-electron chi connectivity index (χ0n) is 14.0. The Bertz CT molecular complexity index is 868. The highest BCUT2D eigenvalue weighted by Gasteiger charge is 2.21. The van der Waals surface area contributed by atoms with Gasteiger partial charge in [0, 0.05) is 37.8 Å². The summed E-state index contributed by atoms with van der Waals surface area (Å²) in [4.78, 5) is 34.3. The van der Waals surface area contributed by atoms with Crippen LogP contribution in [0.3, 0.4) is 0 Å². The lowest BCUT2D eigenvalue weighted by atomic mass is 10.3. The third-order valence-corrected chi connectivity index (χ3v) is 5.30. The van der Waals surface area contributed by atoms with Crippen LogP contribution < -0.4 is 4.90 Å². The predicted octanol–water partition coefficient (Wildman–Crippen LogP) is 1.31. The third-order valence-electron chi connectivity index (χ3n) is 4.49. The molecule has 0 spiro atoms. The number of carbonyl (C=O) groups excluding carboxylic acids is 1. The molecule has 4 rings (SSSR count). The van der Waals surface area contributed by atoms with Crippen LogP contribution in [0.4, 0.5) is 5.82 Å². The number of fused-ring (bicyclic) bond motifs is 1. The molecule has 0 radical (unpaired) electrons. The van der Waals surface area contributed by atoms with Gasteiger partial charge in [-0.25, -0.2) is 19.9 Å². The van der Waals surface area contributed by atoms with Gasteiger partial charge in [-0.3, -0.25) is 4.79 Å². The minimum Gasteiger partial charge on any atom is -0.352 e. The molecule has 1 aliphatic heterocycles. The van der Waals surface area contributed by atoms with Gasteiger partial charge in [0.15, 0.2) is 22.0 Å². The largest absolute Gasteiger partial charge is 0.352 e. The molecule has 1 saturated heterocycles. The molecule has 9 heteroatoms. The second-order valence-electron chi connectivity index (χ2n) is 5.92. The van der Waals surface area contributed by atoms with Crippen molar-refractivity contribution < 1.29 is 4.79 Å². The van der Waals surface area contributed by atoms with Crippen molar-refractivity contribution in [1.82, 2.24) is 29.4 Å². The van der Waals surface area contributed by atoms with E-state index in [0.717, 1.165) is 44.1 Å². The fourth-order valence-electron chi connectivity index (χ4n) is 3.07. The van der Waals surface area contributed by atoms with Crippen molar-refractivity contribution in [3.63, 3.8) is 0 Å². The minimum atomic E-state index is -0.0361. The molecule has 0 saturated carbocycles. The second-order valence-corrected chi connectivity index (χ2v) is 6.82. The van der Waals surface area contributed by atoms with Gasteiger partial charge in [-0.05, 0) is 6.54 Å². The highest BCUT2D eigenvalue weighted by Crippen LogP contribution is 2.23. The molecule has 0 N–H and O–H groups in total. The molecular formula is C16H19N7OS. The van der Waals surface area contributed by atoms with Crippen molar-refractivity contribution in [2.24, 2.45) is 0 Å². The number of hydrogen-bond donors (Lipinski definition) is 0. The molecule has 130 valence electrons. The number of anilines is 1. The Kier molecular flexibility index (Phi) is 4.41. The van der Waals surface area contributed by atoms with E-state index in [0.29, 0.717) is 10.7 Å². The van der Waals surface area contributed by atoms with Crippen LogP contribution in [-0.4, -0.2) is 67.9 Å². The fraction of sp³-hybridized carbons (Fsp3) is 0.438. The lowest BCUT2D eigenvalue weighted by molar-refractivity contribution is 0.0973. The first-order chi connectivity index (χ1) is 12.3. The summed E-state index contributed by atoms with van der Waals surface area (Å²) < 4.78 is 1.77. The molecular weight excluding hydrogens is 338 g/mol. The molecule has 0 atom stereocenters. The van der Waals surface area contributed by atoms with Crippen molar-refractivity contribution in [1.29, 1.82) is 0 Å². The first-order valence-corrected chi connectivity index (χ1v) is 9.20. The van der Waals surface area contributed by atoms with Gasteiger partial charge >= 0.3 is 0 Å². The zero-order chi connectivity index (χ0) is 17.2. The summed E-state index contributed by atoms with van der Waals surface area (Å²) in [6, 6.07) is 0. The molecule has 1 aliphatic rings. The normalized spacial score (nSPS) is 15.8. The zero-order valence-corrected chi connectivity index (χ0v) is 14.8. The highest BCUT2D eigenvalue weighted by atomic mass is 32.1. The Morgan fingerprint density at radius 1 is 1.16 bits per heavy atom. The number of nitrogens with zero attached hydrogens (tertiary/aromatic N) is 7. The number of rotatable bonds is 5. The topological polar surface area (TPSA) is 80.0 Å². The SMILES string of the molecule is CCN1CCN(c2ncnc3c2ncn3CC(=O)c2nccs2)CC1. The molecule has 1 fully saturated rings. The number of imidazole rings is 1. The number of likely N-dealkylation sites (N-methyl/N-ethyl adjacent to an activating group) is 1. The molecule has 3 aromatic heterocycles. The summed E-state index contributed by atoms with van der Waals surface area (Å²) in [5.74, 6) is 0.812. The number of piperazine rings is 1. The Labute approximate surface area is 149 Å². The average Bonchev–Trinajstić information content (AvgIpc) is 3.32. The first kappa shape index (κ1) is 16.1. The van der Waals surface area contributed by atoms with E-state index in [2.05, 4.69) is 36.7 Å². The average molecular weight is 357 g/mol. The lowest BCUT2D eigenvalue weighted by Crippen LogP contribution is -2.46. The number of carbonyl (C=O) groups is 1. The van der Waals surface area contributed by atoms with Gasteiger partial charge in [0.2, 0.25) is 5.78 Å². The van der Waals surface area contributed by atoms with E-state index in [4.69, 9.17) is 0 Å². The van der Waals surface area contributed by atoms with E-state index in [1.165, 1.54) is 11.3 Å². The van der Waals surface area contributed by atoms with Crippen molar-refractivity contribution in [2.45, 2.75) is 13.5 Å². The van der Waals surface area contributed by atoms with Gasteiger partial charge in [-0.15, -0.1) is 11.3 Å². The minimum absolute atomic E-state index is 0.0361. The Balaban J connectivity index is 1.59. The van der Waals surface area contributed by atoms with Crippen LogP contribution in [0.15, 0.2) is 24.2 Å². The lowest BCUT2D eigenvalue weighted by Gasteiger charge is -2.34. The van der Waals surface area contributed by atoms with E-state index < -0.39 is 0 Å².